The van der Waals surface area contributed by atoms with Crippen LogP contribution in [0.25, 0.3) is 0 Å². The van der Waals surface area contributed by atoms with Crippen molar-refractivity contribution in [3.63, 3.8) is 0 Å². The van der Waals surface area contributed by atoms with Gasteiger partial charge in [-0.05, 0) is 50.4 Å². The lowest BCUT2D eigenvalue weighted by molar-refractivity contribution is -0.115. The molecule has 6 heteroatoms. The molecule has 1 atom stereocenters. The summed E-state index contributed by atoms with van der Waals surface area (Å²) in [4.78, 5) is 17.7. The van der Waals surface area contributed by atoms with Crippen molar-refractivity contribution in [2.75, 3.05) is 24.2 Å². The lowest BCUT2D eigenvalue weighted by atomic mass is 9.97. The molecule has 2 saturated heterocycles. The first-order valence-electron chi connectivity index (χ1n) is 6.92. The smallest absolute Gasteiger partial charge is 0.239 e. The third-order valence-electron chi connectivity index (χ3n) is 3.72. The Morgan fingerprint density at radius 1 is 1.37 bits per heavy atom. The summed E-state index contributed by atoms with van der Waals surface area (Å²) in [6.45, 7) is 2.17. The molecule has 0 aromatic carbocycles. The quantitative estimate of drug-likeness (QED) is 0.900. The SMILES string of the molecule is O=C(Nc1ncc(C2CCNCC2)s1)C1CCCS1. The number of thioether (sulfide) groups is 1. The molecule has 0 saturated carbocycles. The highest BCUT2D eigenvalue weighted by Crippen LogP contribution is 2.32. The Morgan fingerprint density at radius 2 is 2.21 bits per heavy atom. The second kappa shape index (κ2) is 6.24. The first-order valence-corrected chi connectivity index (χ1v) is 8.78. The van der Waals surface area contributed by atoms with Crippen LogP contribution in [-0.2, 0) is 4.79 Å². The summed E-state index contributed by atoms with van der Waals surface area (Å²) in [5, 5.41) is 7.25. The molecule has 1 unspecified atom stereocenters. The van der Waals surface area contributed by atoms with Gasteiger partial charge in [0.2, 0.25) is 5.91 Å². The van der Waals surface area contributed by atoms with Gasteiger partial charge in [-0.15, -0.1) is 23.1 Å². The standard InChI is InChI=1S/C13H19N3OS2/c17-12(10-2-1-7-18-10)16-13-15-8-11(19-13)9-3-5-14-6-4-9/h8-10,14H,1-7H2,(H,15,16,17). The second-order valence-electron chi connectivity index (χ2n) is 5.08. The summed E-state index contributed by atoms with van der Waals surface area (Å²) in [5.74, 6) is 1.86. The van der Waals surface area contributed by atoms with Crippen molar-refractivity contribution in [2.45, 2.75) is 36.9 Å². The molecular weight excluding hydrogens is 278 g/mol. The molecule has 1 amide bonds. The molecular formula is C13H19N3OS2. The number of nitrogens with one attached hydrogen (secondary N) is 2. The third kappa shape index (κ3) is 3.30. The highest BCUT2D eigenvalue weighted by molar-refractivity contribution is 8.00. The summed E-state index contributed by atoms with van der Waals surface area (Å²) in [6, 6.07) is 0. The van der Waals surface area contributed by atoms with Crippen LogP contribution in [0.4, 0.5) is 5.13 Å². The summed E-state index contributed by atoms with van der Waals surface area (Å²) < 4.78 is 0. The molecule has 2 aliphatic rings. The molecule has 19 heavy (non-hydrogen) atoms. The highest BCUT2D eigenvalue weighted by atomic mass is 32.2. The molecule has 2 fully saturated rings. The zero-order valence-electron chi connectivity index (χ0n) is 10.9. The number of carbonyl (C=O) groups excluding carboxylic acids is 1. The molecule has 0 bridgehead atoms. The van der Waals surface area contributed by atoms with E-state index in [1.165, 1.54) is 17.7 Å². The molecule has 1 aromatic heterocycles. The zero-order valence-corrected chi connectivity index (χ0v) is 12.5. The van der Waals surface area contributed by atoms with Crippen LogP contribution in [0, 0.1) is 0 Å². The van der Waals surface area contributed by atoms with Gasteiger partial charge in [0, 0.05) is 11.1 Å². The fourth-order valence-corrected chi connectivity index (χ4v) is 4.76. The van der Waals surface area contributed by atoms with Gasteiger partial charge in [0.05, 0.1) is 5.25 Å². The molecule has 4 nitrogen and oxygen atoms in total. The van der Waals surface area contributed by atoms with E-state index in [4.69, 9.17) is 0 Å². The number of piperidine rings is 1. The van der Waals surface area contributed by atoms with E-state index in [9.17, 15) is 4.79 Å². The van der Waals surface area contributed by atoms with Crippen molar-refractivity contribution in [3.8, 4) is 0 Å². The van der Waals surface area contributed by atoms with E-state index in [1.807, 2.05) is 6.20 Å². The van der Waals surface area contributed by atoms with Gasteiger partial charge in [-0.2, -0.15) is 0 Å². The topological polar surface area (TPSA) is 54.0 Å². The summed E-state index contributed by atoms with van der Waals surface area (Å²) >= 11 is 3.41. The number of anilines is 1. The number of aromatic nitrogens is 1. The Bertz CT molecular complexity index is 437. The van der Waals surface area contributed by atoms with Crippen LogP contribution >= 0.6 is 23.1 Å². The average Bonchev–Trinajstić information content (AvgIpc) is 3.11. The second-order valence-corrected chi connectivity index (χ2v) is 7.46. The van der Waals surface area contributed by atoms with E-state index >= 15 is 0 Å². The van der Waals surface area contributed by atoms with E-state index in [0.717, 1.165) is 36.8 Å². The lowest BCUT2D eigenvalue weighted by Crippen LogP contribution is -2.26. The van der Waals surface area contributed by atoms with Gasteiger partial charge in [-0.3, -0.25) is 4.79 Å². The summed E-state index contributed by atoms with van der Waals surface area (Å²) in [5.41, 5.74) is 0. The molecule has 3 rings (SSSR count). The Balaban J connectivity index is 1.59. The molecule has 104 valence electrons. The minimum absolute atomic E-state index is 0.131. The van der Waals surface area contributed by atoms with Crippen LogP contribution in [0.1, 0.15) is 36.5 Å². The van der Waals surface area contributed by atoms with Crippen LogP contribution < -0.4 is 10.6 Å². The van der Waals surface area contributed by atoms with Gasteiger partial charge < -0.3 is 10.6 Å². The number of nitrogens with zero attached hydrogens (tertiary/aromatic N) is 1. The van der Waals surface area contributed by atoms with Gasteiger partial charge in [-0.25, -0.2) is 4.98 Å². The van der Waals surface area contributed by atoms with Crippen LogP contribution in [0.5, 0.6) is 0 Å². The maximum absolute atomic E-state index is 12.0. The highest BCUT2D eigenvalue weighted by Gasteiger charge is 2.24. The van der Waals surface area contributed by atoms with Gasteiger partial charge in [0.1, 0.15) is 0 Å². The maximum Gasteiger partial charge on any atom is 0.239 e. The maximum atomic E-state index is 12.0. The van der Waals surface area contributed by atoms with Crippen molar-refractivity contribution in [1.29, 1.82) is 0 Å². The van der Waals surface area contributed by atoms with Gasteiger partial charge in [0.25, 0.3) is 0 Å². The average molecular weight is 297 g/mol. The molecule has 2 N–H and O–H groups in total. The molecule has 3 heterocycles. The summed E-state index contributed by atoms with van der Waals surface area (Å²) in [7, 11) is 0. The number of thiazole rings is 1. The lowest BCUT2D eigenvalue weighted by Gasteiger charge is -2.20. The fourth-order valence-electron chi connectivity index (χ4n) is 2.61. The normalized spacial score (nSPS) is 24.5. The Hall–Kier alpha value is -0.590. The van der Waals surface area contributed by atoms with Crippen LogP contribution in [-0.4, -0.2) is 35.0 Å². The van der Waals surface area contributed by atoms with E-state index in [0.29, 0.717) is 5.92 Å². The van der Waals surface area contributed by atoms with Crippen molar-refractivity contribution in [2.24, 2.45) is 0 Å². The van der Waals surface area contributed by atoms with Crippen LogP contribution in [0.3, 0.4) is 0 Å². The molecule has 0 spiro atoms. The largest absolute Gasteiger partial charge is 0.317 e. The van der Waals surface area contributed by atoms with Gasteiger partial charge >= 0.3 is 0 Å². The Labute approximate surface area is 121 Å². The van der Waals surface area contributed by atoms with Crippen molar-refractivity contribution in [1.82, 2.24) is 10.3 Å². The molecule has 2 aliphatic heterocycles. The molecule has 0 aliphatic carbocycles. The predicted octanol–water partition coefficient (Wildman–Crippen LogP) is 2.44. The number of carbonyl (C=O) groups is 1. The fraction of sp³-hybridized carbons (Fsp3) is 0.692. The summed E-state index contributed by atoms with van der Waals surface area (Å²) in [6.07, 6.45) is 6.45. The van der Waals surface area contributed by atoms with Crippen molar-refractivity contribution in [3.05, 3.63) is 11.1 Å². The monoisotopic (exact) mass is 297 g/mol. The van der Waals surface area contributed by atoms with Gasteiger partial charge in [0.15, 0.2) is 5.13 Å². The van der Waals surface area contributed by atoms with E-state index in [2.05, 4.69) is 15.6 Å². The van der Waals surface area contributed by atoms with E-state index in [1.54, 1.807) is 23.1 Å². The zero-order chi connectivity index (χ0) is 13.1. The minimum Gasteiger partial charge on any atom is -0.317 e. The third-order valence-corrected chi connectivity index (χ3v) is 6.17. The van der Waals surface area contributed by atoms with Crippen LogP contribution in [0.15, 0.2) is 6.20 Å². The van der Waals surface area contributed by atoms with E-state index < -0.39 is 0 Å². The van der Waals surface area contributed by atoms with Gasteiger partial charge in [-0.1, -0.05) is 0 Å². The molecule has 1 aromatic rings. The minimum atomic E-state index is 0.131. The van der Waals surface area contributed by atoms with Crippen molar-refractivity contribution >= 4 is 34.1 Å². The van der Waals surface area contributed by atoms with Crippen LogP contribution in [0.2, 0.25) is 0 Å². The number of hydrogen-bond donors (Lipinski definition) is 2. The number of hydrogen-bond acceptors (Lipinski definition) is 5. The number of amides is 1. The Kier molecular flexibility index (Phi) is 4.40. The Morgan fingerprint density at radius 3 is 2.95 bits per heavy atom. The predicted molar refractivity (Wildman–Crippen MR) is 81.1 cm³/mol. The van der Waals surface area contributed by atoms with Crippen molar-refractivity contribution < 1.29 is 4.79 Å². The first kappa shape index (κ1) is 13.4. The van der Waals surface area contributed by atoms with E-state index in [-0.39, 0.29) is 11.2 Å². The first-order chi connectivity index (χ1) is 9.33. The number of rotatable bonds is 3. The molecule has 0 radical (unpaired) electrons.